The van der Waals surface area contributed by atoms with Crippen molar-refractivity contribution in [1.29, 1.82) is 0 Å². The second-order valence-electron chi connectivity index (χ2n) is 4.35. The number of pyridine rings is 1. The summed E-state index contributed by atoms with van der Waals surface area (Å²) in [6.07, 6.45) is 0. The molecule has 106 valence electrons. The van der Waals surface area contributed by atoms with E-state index in [1.165, 1.54) is 0 Å². The number of nitrogens with one attached hydrogen (secondary N) is 2. The number of hydrogen-bond donors (Lipinski definition) is 2. The summed E-state index contributed by atoms with van der Waals surface area (Å²) in [6.45, 7) is 3.38. The smallest absolute Gasteiger partial charge is 0.252 e. The van der Waals surface area contributed by atoms with Gasteiger partial charge in [0.05, 0.1) is 12.8 Å². The number of H-pyrrole nitrogens is 1. The van der Waals surface area contributed by atoms with Crippen molar-refractivity contribution >= 4 is 11.6 Å². The number of aromatic nitrogens is 1. The molecule has 0 bridgehead atoms. The zero-order valence-corrected chi connectivity index (χ0v) is 12.3. The fourth-order valence-electron chi connectivity index (χ4n) is 1.95. The Kier molecular flexibility index (Phi) is 4.82. The molecule has 20 heavy (non-hydrogen) atoms. The van der Waals surface area contributed by atoms with Crippen LogP contribution in [0.2, 0.25) is 5.02 Å². The fraction of sp³-hybridized carbons (Fsp3) is 0.267. The molecular formula is C15H17ClN2O2. The van der Waals surface area contributed by atoms with E-state index in [-0.39, 0.29) is 5.56 Å². The number of aromatic amines is 1. The van der Waals surface area contributed by atoms with Crippen LogP contribution in [-0.4, -0.2) is 18.6 Å². The third kappa shape index (κ3) is 3.21. The lowest BCUT2D eigenvalue weighted by atomic mass is 10.1. The molecule has 0 aliphatic rings. The molecule has 0 radical (unpaired) electrons. The van der Waals surface area contributed by atoms with E-state index in [2.05, 4.69) is 10.3 Å². The van der Waals surface area contributed by atoms with Crippen LogP contribution in [0.5, 0.6) is 5.75 Å². The van der Waals surface area contributed by atoms with Crippen LogP contribution in [0.15, 0.2) is 35.1 Å². The first kappa shape index (κ1) is 14.6. The highest BCUT2D eigenvalue weighted by molar-refractivity contribution is 6.30. The second kappa shape index (κ2) is 6.59. The maximum Gasteiger partial charge on any atom is 0.252 e. The van der Waals surface area contributed by atoms with Crippen LogP contribution < -0.4 is 15.6 Å². The van der Waals surface area contributed by atoms with Gasteiger partial charge in [-0.05, 0) is 30.8 Å². The number of benzene rings is 1. The molecule has 4 nitrogen and oxygen atoms in total. The largest absolute Gasteiger partial charge is 0.496 e. The molecule has 0 saturated carbocycles. The van der Waals surface area contributed by atoms with Gasteiger partial charge < -0.3 is 15.0 Å². The van der Waals surface area contributed by atoms with Gasteiger partial charge in [0.1, 0.15) is 5.75 Å². The first-order valence-corrected chi connectivity index (χ1v) is 6.80. The Labute approximate surface area is 122 Å². The Morgan fingerprint density at radius 2 is 2.10 bits per heavy atom. The number of rotatable bonds is 5. The molecule has 0 aliphatic heterocycles. The quantitative estimate of drug-likeness (QED) is 0.891. The summed E-state index contributed by atoms with van der Waals surface area (Å²) in [6, 6.07) is 8.99. The molecule has 1 aromatic carbocycles. The maximum atomic E-state index is 12.0. The van der Waals surface area contributed by atoms with Gasteiger partial charge in [-0.15, -0.1) is 0 Å². The third-order valence-corrected chi connectivity index (χ3v) is 3.24. The van der Waals surface area contributed by atoms with Gasteiger partial charge in [0.2, 0.25) is 0 Å². The summed E-state index contributed by atoms with van der Waals surface area (Å²) >= 11 is 6.01. The van der Waals surface area contributed by atoms with Crippen LogP contribution >= 0.6 is 11.6 Å². The van der Waals surface area contributed by atoms with E-state index >= 15 is 0 Å². The Hall–Kier alpha value is -1.78. The third-order valence-electron chi connectivity index (χ3n) is 3.01. The van der Waals surface area contributed by atoms with Crippen LogP contribution in [0.1, 0.15) is 12.5 Å². The van der Waals surface area contributed by atoms with Gasteiger partial charge in [-0.3, -0.25) is 4.79 Å². The minimum absolute atomic E-state index is 0.106. The highest BCUT2D eigenvalue weighted by atomic mass is 35.5. The molecule has 1 heterocycles. The Bertz CT molecular complexity index is 653. The molecule has 0 fully saturated rings. The Morgan fingerprint density at radius 3 is 2.75 bits per heavy atom. The summed E-state index contributed by atoms with van der Waals surface area (Å²) < 4.78 is 5.30. The molecule has 0 aliphatic carbocycles. The minimum Gasteiger partial charge on any atom is -0.496 e. The molecule has 0 atom stereocenters. The van der Waals surface area contributed by atoms with Crippen molar-refractivity contribution < 1.29 is 4.74 Å². The summed E-state index contributed by atoms with van der Waals surface area (Å²) in [5.41, 5.74) is 2.06. The van der Waals surface area contributed by atoms with E-state index in [0.717, 1.165) is 12.1 Å². The predicted octanol–water partition coefficient (Wildman–Crippen LogP) is 2.81. The van der Waals surface area contributed by atoms with Gasteiger partial charge in [-0.2, -0.15) is 0 Å². The van der Waals surface area contributed by atoms with E-state index < -0.39 is 0 Å². The standard InChI is InChI=1S/C15H17ClN2O2/c1-3-17-9-10-4-6-13(18-15(10)19)12-8-11(16)5-7-14(12)20-2/h4-8,17H,3,9H2,1-2H3,(H,18,19). The van der Waals surface area contributed by atoms with Crippen molar-refractivity contribution in [3.05, 3.63) is 51.3 Å². The molecule has 1 aromatic heterocycles. The lowest BCUT2D eigenvalue weighted by molar-refractivity contribution is 0.416. The summed E-state index contributed by atoms with van der Waals surface area (Å²) in [7, 11) is 1.59. The first-order valence-electron chi connectivity index (χ1n) is 6.42. The highest BCUT2D eigenvalue weighted by Crippen LogP contribution is 2.30. The van der Waals surface area contributed by atoms with Crippen LogP contribution in [0.3, 0.4) is 0 Å². The van der Waals surface area contributed by atoms with Crippen molar-refractivity contribution in [3.8, 4) is 17.0 Å². The van der Waals surface area contributed by atoms with Gasteiger partial charge in [-0.25, -0.2) is 0 Å². The van der Waals surface area contributed by atoms with Gasteiger partial charge in [0.15, 0.2) is 0 Å². The SMILES string of the molecule is CCNCc1ccc(-c2cc(Cl)ccc2OC)[nH]c1=O. The van der Waals surface area contributed by atoms with Crippen LogP contribution in [-0.2, 0) is 6.54 Å². The van der Waals surface area contributed by atoms with Crippen LogP contribution in [0, 0.1) is 0 Å². The average Bonchev–Trinajstić information content (AvgIpc) is 2.46. The first-order chi connectivity index (χ1) is 9.65. The molecule has 0 spiro atoms. The van der Waals surface area contributed by atoms with Crippen molar-refractivity contribution in [3.63, 3.8) is 0 Å². The topological polar surface area (TPSA) is 54.1 Å². The molecule has 5 heteroatoms. The van der Waals surface area contributed by atoms with Crippen molar-refractivity contribution in [2.24, 2.45) is 0 Å². The van der Waals surface area contributed by atoms with Gasteiger partial charge in [-0.1, -0.05) is 24.6 Å². The molecule has 2 rings (SSSR count). The van der Waals surface area contributed by atoms with E-state index in [1.807, 2.05) is 19.1 Å². The lowest BCUT2D eigenvalue weighted by Gasteiger charge is -2.10. The number of ether oxygens (including phenoxy) is 1. The fourth-order valence-corrected chi connectivity index (χ4v) is 2.12. The lowest BCUT2D eigenvalue weighted by Crippen LogP contribution is -2.20. The van der Waals surface area contributed by atoms with Crippen molar-refractivity contribution in [2.45, 2.75) is 13.5 Å². The zero-order chi connectivity index (χ0) is 14.5. The van der Waals surface area contributed by atoms with E-state index in [1.54, 1.807) is 25.3 Å². The molecule has 2 aromatic rings. The summed E-state index contributed by atoms with van der Waals surface area (Å²) in [5, 5.41) is 3.73. The maximum absolute atomic E-state index is 12.0. The van der Waals surface area contributed by atoms with Gasteiger partial charge >= 0.3 is 0 Å². The van der Waals surface area contributed by atoms with E-state index in [9.17, 15) is 4.79 Å². The van der Waals surface area contributed by atoms with Crippen LogP contribution in [0.25, 0.3) is 11.3 Å². The van der Waals surface area contributed by atoms with Crippen molar-refractivity contribution in [1.82, 2.24) is 10.3 Å². The average molecular weight is 293 g/mol. The molecule has 0 unspecified atom stereocenters. The second-order valence-corrected chi connectivity index (χ2v) is 4.79. The molecule has 0 saturated heterocycles. The van der Waals surface area contributed by atoms with E-state index in [4.69, 9.17) is 16.3 Å². The summed E-state index contributed by atoms with van der Waals surface area (Å²) in [5.74, 6) is 0.671. The number of methoxy groups -OCH3 is 1. The monoisotopic (exact) mass is 292 g/mol. The van der Waals surface area contributed by atoms with Gasteiger partial charge in [0, 0.05) is 22.7 Å². The number of hydrogen-bond acceptors (Lipinski definition) is 3. The zero-order valence-electron chi connectivity index (χ0n) is 11.5. The van der Waals surface area contributed by atoms with Crippen LogP contribution in [0.4, 0.5) is 0 Å². The van der Waals surface area contributed by atoms with Crippen molar-refractivity contribution in [2.75, 3.05) is 13.7 Å². The Balaban J connectivity index is 2.41. The minimum atomic E-state index is -0.106. The highest BCUT2D eigenvalue weighted by Gasteiger charge is 2.09. The Morgan fingerprint density at radius 1 is 1.30 bits per heavy atom. The summed E-state index contributed by atoms with van der Waals surface area (Å²) in [4.78, 5) is 14.9. The molecule has 0 amide bonds. The number of halogens is 1. The van der Waals surface area contributed by atoms with E-state index in [0.29, 0.717) is 28.6 Å². The van der Waals surface area contributed by atoms with Gasteiger partial charge in [0.25, 0.3) is 5.56 Å². The molecule has 2 N–H and O–H groups in total. The molecular weight excluding hydrogens is 276 g/mol. The predicted molar refractivity (Wildman–Crippen MR) is 81.4 cm³/mol. The normalized spacial score (nSPS) is 10.6.